The number of halogens is 2. The molecule has 27 heavy (non-hydrogen) atoms. The molecule has 146 valence electrons. The minimum absolute atomic E-state index is 0.0629. The maximum absolute atomic E-state index is 12.4. The number of sulfonamides is 1. The lowest BCUT2D eigenvalue weighted by atomic mass is 9.87. The summed E-state index contributed by atoms with van der Waals surface area (Å²) in [4.78, 5) is 12.4. The van der Waals surface area contributed by atoms with Crippen molar-refractivity contribution in [3.05, 3.63) is 58.1 Å². The molecular formula is C19H22Cl2N2O3S. The van der Waals surface area contributed by atoms with E-state index in [-0.39, 0.29) is 21.1 Å². The molecule has 2 aromatic rings. The Labute approximate surface area is 170 Å². The van der Waals surface area contributed by atoms with E-state index in [2.05, 4.69) is 26.1 Å². The highest BCUT2D eigenvalue weighted by Crippen LogP contribution is 2.30. The number of para-hydroxylation sites is 1. The van der Waals surface area contributed by atoms with Crippen molar-refractivity contribution >= 4 is 50.5 Å². The number of carbonyl (C=O) groups is 1. The van der Waals surface area contributed by atoms with Crippen LogP contribution in [0.3, 0.4) is 0 Å². The molecule has 5 nitrogen and oxygen atoms in total. The third-order valence-electron chi connectivity index (χ3n) is 3.94. The minimum Gasteiger partial charge on any atom is -0.322 e. The van der Waals surface area contributed by atoms with Gasteiger partial charge >= 0.3 is 0 Å². The molecule has 0 fully saturated rings. The van der Waals surface area contributed by atoms with Gasteiger partial charge in [-0.25, -0.2) is 8.42 Å². The fraction of sp³-hybridized carbons (Fsp3) is 0.316. The van der Waals surface area contributed by atoms with E-state index in [0.717, 1.165) is 16.1 Å². The molecule has 0 radical (unpaired) electrons. The van der Waals surface area contributed by atoms with E-state index in [1.54, 1.807) is 30.3 Å². The third-order valence-corrected chi connectivity index (χ3v) is 5.71. The topological polar surface area (TPSA) is 66.5 Å². The number of carbonyl (C=O) groups excluding carboxylic acids is 1. The summed E-state index contributed by atoms with van der Waals surface area (Å²) >= 11 is 12.1. The van der Waals surface area contributed by atoms with Gasteiger partial charge in [0.25, 0.3) is 0 Å². The molecule has 0 aliphatic carbocycles. The summed E-state index contributed by atoms with van der Waals surface area (Å²) in [5, 5.41) is 3.13. The number of hydrogen-bond acceptors (Lipinski definition) is 3. The molecule has 0 atom stereocenters. The Morgan fingerprint density at radius 2 is 1.56 bits per heavy atom. The van der Waals surface area contributed by atoms with Gasteiger partial charge in [-0.15, -0.1) is 0 Å². The molecule has 0 aromatic heterocycles. The van der Waals surface area contributed by atoms with Crippen molar-refractivity contribution in [2.24, 2.45) is 0 Å². The van der Waals surface area contributed by atoms with Gasteiger partial charge in [0.1, 0.15) is 6.54 Å². The highest BCUT2D eigenvalue weighted by atomic mass is 35.5. The predicted octanol–water partition coefficient (Wildman–Crippen LogP) is 4.70. The van der Waals surface area contributed by atoms with Crippen LogP contribution in [0.5, 0.6) is 0 Å². The summed E-state index contributed by atoms with van der Waals surface area (Å²) in [7, 11) is -3.67. The molecule has 1 N–H and O–H groups in total. The highest BCUT2D eigenvalue weighted by Gasteiger charge is 2.22. The number of nitrogens with one attached hydrogen (secondary N) is 1. The second-order valence-electron chi connectivity index (χ2n) is 7.21. The van der Waals surface area contributed by atoms with Crippen LogP contribution in [0.25, 0.3) is 0 Å². The molecule has 0 bridgehead atoms. The monoisotopic (exact) mass is 428 g/mol. The number of anilines is 2. The second-order valence-corrected chi connectivity index (χ2v) is 9.93. The lowest BCUT2D eigenvalue weighted by Gasteiger charge is -2.24. The van der Waals surface area contributed by atoms with Crippen molar-refractivity contribution in [1.82, 2.24) is 0 Å². The largest absolute Gasteiger partial charge is 0.322 e. The van der Waals surface area contributed by atoms with Crippen molar-refractivity contribution in [3.63, 3.8) is 0 Å². The molecular weight excluding hydrogens is 407 g/mol. The van der Waals surface area contributed by atoms with Crippen LogP contribution in [-0.4, -0.2) is 27.1 Å². The van der Waals surface area contributed by atoms with Gasteiger partial charge in [-0.1, -0.05) is 62.2 Å². The zero-order valence-electron chi connectivity index (χ0n) is 15.6. The molecule has 2 rings (SSSR count). The normalized spacial score (nSPS) is 11.9. The maximum Gasteiger partial charge on any atom is 0.245 e. The van der Waals surface area contributed by atoms with Crippen LogP contribution in [-0.2, 0) is 20.2 Å². The summed E-state index contributed by atoms with van der Waals surface area (Å²) in [5.74, 6) is -0.546. The first-order chi connectivity index (χ1) is 12.4. The van der Waals surface area contributed by atoms with E-state index in [0.29, 0.717) is 5.69 Å². The number of nitrogens with zero attached hydrogens (tertiary/aromatic N) is 1. The minimum atomic E-state index is -3.67. The maximum atomic E-state index is 12.4. The number of benzene rings is 2. The fourth-order valence-corrected chi connectivity index (χ4v) is 3.80. The van der Waals surface area contributed by atoms with Crippen molar-refractivity contribution in [1.29, 1.82) is 0 Å². The molecule has 1 amide bonds. The van der Waals surface area contributed by atoms with E-state index < -0.39 is 22.5 Å². The van der Waals surface area contributed by atoms with E-state index in [4.69, 9.17) is 23.2 Å². The van der Waals surface area contributed by atoms with Gasteiger partial charge in [0.05, 0.1) is 27.7 Å². The SMILES string of the molecule is CC(C)(C)c1ccc(N(CC(=O)Nc2c(Cl)cccc2Cl)S(C)(=O)=O)cc1. The van der Waals surface area contributed by atoms with Crippen LogP contribution in [0, 0.1) is 0 Å². The average molecular weight is 429 g/mol. The quantitative estimate of drug-likeness (QED) is 0.750. The first-order valence-corrected chi connectivity index (χ1v) is 10.8. The molecule has 0 aliphatic rings. The summed E-state index contributed by atoms with van der Waals surface area (Å²) in [6.07, 6.45) is 1.06. The highest BCUT2D eigenvalue weighted by molar-refractivity contribution is 7.92. The summed E-state index contributed by atoms with van der Waals surface area (Å²) < 4.78 is 25.5. The van der Waals surface area contributed by atoms with E-state index >= 15 is 0 Å². The number of amides is 1. The predicted molar refractivity (Wildman–Crippen MR) is 112 cm³/mol. The molecule has 2 aromatic carbocycles. The molecule has 8 heteroatoms. The Bertz CT molecular complexity index is 916. The lowest BCUT2D eigenvalue weighted by Crippen LogP contribution is -2.37. The smallest absolute Gasteiger partial charge is 0.245 e. The third kappa shape index (κ3) is 5.61. The zero-order valence-corrected chi connectivity index (χ0v) is 17.9. The van der Waals surface area contributed by atoms with Crippen LogP contribution in [0.15, 0.2) is 42.5 Å². The van der Waals surface area contributed by atoms with E-state index in [1.807, 2.05) is 12.1 Å². The van der Waals surface area contributed by atoms with Crippen LogP contribution in [0.1, 0.15) is 26.3 Å². The molecule has 0 saturated heterocycles. The zero-order chi connectivity index (χ0) is 20.4. The first kappa shape index (κ1) is 21.5. The van der Waals surface area contributed by atoms with Crippen molar-refractivity contribution in [2.75, 3.05) is 22.4 Å². The van der Waals surface area contributed by atoms with Gasteiger partial charge in [0.2, 0.25) is 15.9 Å². The Morgan fingerprint density at radius 1 is 1.04 bits per heavy atom. The van der Waals surface area contributed by atoms with Crippen LogP contribution < -0.4 is 9.62 Å². The second kappa shape index (κ2) is 8.09. The molecule has 0 aliphatic heterocycles. The van der Waals surface area contributed by atoms with Crippen molar-refractivity contribution in [2.45, 2.75) is 26.2 Å². The fourth-order valence-electron chi connectivity index (χ4n) is 2.45. The van der Waals surface area contributed by atoms with Gasteiger partial charge in [0, 0.05) is 0 Å². The standard InChI is InChI=1S/C19H22Cl2N2O3S/c1-19(2,3)13-8-10-14(11-9-13)23(27(4,25)26)12-17(24)22-18-15(20)6-5-7-16(18)21/h5-11H,12H2,1-4H3,(H,22,24). The van der Waals surface area contributed by atoms with Crippen molar-refractivity contribution < 1.29 is 13.2 Å². The van der Waals surface area contributed by atoms with Gasteiger partial charge in [-0.2, -0.15) is 0 Å². The van der Waals surface area contributed by atoms with E-state index in [1.165, 1.54) is 0 Å². The van der Waals surface area contributed by atoms with Gasteiger partial charge in [0.15, 0.2) is 0 Å². The van der Waals surface area contributed by atoms with Gasteiger partial charge in [-0.3, -0.25) is 9.10 Å². The molecule has 0 heterocycles. The van der Waals surface area contributed by atoms with Gasteiger partial charge in [-0.05, 0) is 35.2 Å². The Balaban J connectivity index is 2.26. The van der Waals surface area contributed by atoms with Crippen LogP contribution in [0.2, 0.25) is 10.0 Å². The lowest BCUT2D eigenvalue weighted by molar-refractivity contribution is -0.114. The summed E-state index contributed by atoms with van der Waals surface area (Å²) in [6.45, 7) is 5.81. The molecule has 0 saturated carbocycles. The summed E-state index contributed by atoms with van der Waals surface area (Å²) in [6, 6.07) is 11.9. The average Bonchev–Trinajstić information content (AvgIpc) is 2.54. The van der Waals surface area contributed by atoms with E-state index in [9.17, 15) is 13.2 Å². The van der Waals surface area contributed by atoms with Crippen molar-refractivity contribution in [3.8, 4) is 0 Å². The molecule has 0 unspecified atom stereocenters. The van der Waals surface area contributed by atoms with Gasteiger partial charge < -0.3 is 5.32 Å². The van der Waals surface area contributed by atoms with Crippen LogP contribution in [0.4, 0.5) is 11.4 Å². The Kier molecular flexibility index (Phi) is 6.45. The molecule has 0 spiro atoms. The summed E-state index contributed by atoms with van der Waals surface area (Å²) in [5.41, 5.74) is 1.66. The first-order valence-electron chi connectivity index (χ1n) is 8.22. The Hall–Kier alpha value is -1.76. The van der Waals surface area contributed by atoms with Crippen LogP contribution >= 0.6 is 23.2 Å². The Morgan fingerprint density at radius 3 is 2.00 bits per heavy atom. The number of hydrogen-bond donors (Lipinski definition) is 1. The number of rotatable bonds is 5.